The molecular weight excluding hydrogens is 400 g/mol. The summed E-state index contributed by atoms with van der Waals surface area (Å²) < 4.78 is 27.6. The van der Waals surface area contributed by atoms with Crippen molar-refractivity contribution in [3.8, 4) is 0 Å². The zero-order valence-corrected chi connectivity index (χ0v) is 18.9. The number of rotatable bonds is 7. The van der Waals surface area contributed by atoms with Gasteiger partial charge in [-0.2, -0.15) is 0 Å². The van der Waals surface area contributed by atoms with Gasteiger partial charge in [0, 0.05) is 44.8 Å². The first-order valence-electron chi connectivity index (χ1n) is 11.2. The van der Waals surface area contributed by atoms with Crippen LogP contribution < -0.4 is 10.2 Å². The second-order valence-corrected chi connectivity index (χ2v) is 11.7. The van der Waals surface area contributed by atoms with Crippen LogP contribution in [0, 0.1) is 23.2 Å². The number of carbonyl (C=O) groups excluding carboxylic acids is 1. The highest BCUT2D eigenvalue weighted by atomic mass is 32.2. The smallest absolute Gasteiger partial charge is 0.228 e. The van der Waals surface area contributed by atoms with Crippen LogP contribution in [0.5, 0.6) is 0 Å². The van der Waals surface area contributed by atoms with E-state index in [1.54, 1.807) is 10.5 Å². The zero-order chi connectivity index (χ0) is 21.4. The minimum Gasteiger partial charge on any atom is -0.355 e. The van der Waals surface area contributed by atoms with Crippen LogP contribution in [0.3, 0.4) is 0 Å². The highest BCUT2D eigenvalue weighted by Crippen LogP contribution is 2.44. The molecule has 3 fully saturated rings. The minimum absolute atomic E-state index is 0.0388. The van der Waals surface area contributed by atoms with Crippen LogP contribution in [0.2, 0.25) is 0 Å². The maximum absolute atomic E-state index is 13.5. The van der Waals surface area contributed by atoms with Crippen molar-refractivity contribution in [2.45, 2.75) is 39.5 Å². The number of amides is 1. The van der Waals surface area contributed by atoms with Crippen LogP contribution in [-0.4, -0.2) is 62.1 Å². The number of carbonyl (C=O) groups is 1. The van der Waals surface area contributed by atoms with Gasteiger partial charge in [-0.1, -0.05) is 19.9 Å². The second kappa shape index (κ2) is 8.46. The van der Waals surface area contributed by atoms with Crippen LogP contribution in [0.1, 0.15) is 39.5 Å². The van der Waals surface area contributed by atoms with E-state index in [2.05, 4.69) is 15.2 Å². The molecule has 0 radical (unpaired) electrons. The molecule has 0 aromatic carbocycles. The Labute approximate surface area is 180 Å². The lowest BCUT2D eigenvalue weighted by Crippen LogP contribution is -2.48. The largest absolute Gasteiger partial charge is 0.355 e. The molecular formula is C22H34N4O3S. The maximum atomic E-state index is 13.5. The topological polar surface area (TPSA) is 82.6 Å². The summed E-state index contributed by atoms with van der Waals surface area (Å²) in [5.74, 6) is 1.77. The van der Waals surface area contributed by atoms with Gasteiger partial charge in [-0.25, -0.2) is 17.7 Å². The minimum atomic E-state index is -3.33. The predicted molar refractivity (Wildman–Crippen MR) is 118 cm³/mol. The van der Waals surface area contributed by atoms with Crippen LogP contribution in [0.15, 0.2) is 24.4 Å². The van der Waals surface area contributed by atoms with Gasteiger partial charge in [0.1, 0.15) is 5.82 Å². The van der Waals surface area contributed by atoms with E-state index in [0.717, 1.165) is 12.4 Å². The van der Waals surface area contributed by atoms with Crippen molar-refractivity contribution >= 4 is 21.7 Å². The van der Waals surface area contributed by atoms with Crippen LogP contribution in [0.25, 0.3) is 0 Å². The third kappa shape index (κ3) is 4.49. The third-order valence-corrected chi connectivity index (χ3v) is 8.97. The average molecular weight is 435 g/mol. The Morgan fingerprint density at radius 3 is 2.77 bits per heavy atom. The van der Waals surface area contributed by atoms with Crippen molar-refractivity contribution in [1.82, 2.24) is 14.6 Å². The molecule has 166 valence electrons. The highest BCUT2D eigenvalue weighted by Gasteiger charge is 2.54. The fourth-order valence-corrected chi connectivity index (χ4v) is 6.87. The molecule has 1 aromatic rings. The molecule has 1 amide bonds. The van der Waals surface area contributed by atoms with Gasteiger partial charge in [-0.15, -0.1) is 0 Å². The molecule has 4 rings (SSSR count). The first-order valence-corrected chi connectivity index (χ1v) is 12.8. The SMILES string of the molecule is CC(C)CS(=O)(=O)N1CCC[C@]2(C(=O)NCC3CC3)CN(c3ccccn3)C[C@@H]2C1. The molecule has 2 atom stereocenters. The fourth-order valence-electron chi connectivity index (χ4n) is 5.00. The molecule has 1 aromatic heterocycles. The molecule has 0 unspecified atom stereocenters. The van der Waals surface area contributed by atoms with E-state index in [-0.39, 0.29) is 23.5 Å². The van der Waals surface area contributed by atoms with Gasteiger partial charge >= 0.3 is 0 Å². The second-order valence-electron chi connectivity index (χ2n) is 9.71. The van der Waals surface area contributed by atoms with Crippen molar-refractivity contribution in [3.05, 3.63) is 24.4 Å². The molecule has 3 aliphatic rings. The van der Waals surface area contributed by atoms with Gasteiger partial charge in [-0.05, 0) is 49.7 Å². The standard InChI is InChI=1S/C22H34N4O3S/c1-17(2)15-30(28,29)26-11-5-9-22(21(27)24-12-18-7-8-18)16-25(13-19(22)14-26)20-6-3-4-10-23-20/h3-4,6,10,17-19H,5,7-9,11-16H2,1-2H3,(H,24,27)/t19-,22+/m1/s1. The van der Waals surface area contributed by atoms with Crippen molar-refractivity contribution in [2.24, 2.45) is 23.2 Å². The van der Waals surface area contributed by atoms with E-state index in [9.17, 15) is 13.2 Å². The Hall–Kier alpha value is -1.67. The summed E-state index contributed by atoms with van der Waals surface area (Å²) >= 11 is 0. The number of pyridine rings is 1. The number of anilines is 1. The molecule has 0 spiro atoms. The lowest BCUT2D eigenvalue weighted by atomic mass is 9.74. The van der Waals surface area contributed by atoms with E-state index in [0.29, 0.717) is 44.9 Å². The van der Waals surface area contributed by atoms with E-state index in [4.69, 9.17) is 0 Å². The van der Waals surface area contributed by atoms with Crippen molar-refractivity contribution in [3.63, 3.8) is 0 Å². The average Bonchev–Trinajstić information content (AvgIpc) is 3.49. The number of fused-ring (bicyclic) bond motifs is 1. The zero-order valence-electron chi connectivity index (χ0n) is 18.1. The molecule has 0 bridgehead atoms. The number of nitrogens with zero attached hydrogens (tertiary/aromatic N) is 3. The third-order valence-electron chi connectivity index (χ3n) is 6.76. The lowest BCUT2D eigenvalue weighted by Gasteiger charge is -2.32. The van der Waals surface area contributed by atoms with Gasteiger partial charge in [0.15, 0.2) is 0 Å². The summed E-state index contributed by atoms with van der Waals surface area (Å²) in [6.45, 7) is 6.78. The van der Waals surface area contributed by atoms with Crippen molar-refractivity contribution in [1.29, 1.82) is 0 Å². The number of nitrogens with one attached hydrogen (secondary N) is 1. The lowest BCUT2D eigenvalue weighted by molar-refractivity contribution is -0.132. The van der Waals surface area contributed by atoms with Gasteiger partial charge in [0.2, 0.25) is 15.9 Å². The summed E-state index contributed by atoms with van der Waals surface area (Å²) in [6.07, 6.45) is 5.57. The summed E-state index contributed by atoms with van der Waals surface area (Å²) in [7, 11) is -3.33. The van der Waals surface area contributed by atoms with Crippen molar-refractivity contribution in [2.75, 3.05) is 43.4 Å². The summed E-state index contributed by atoms with van der Waals surface area (Å²) in [6, 6.07) is 5.81. The predicted octanol–water partition coefficient (Wildman–Crippen LogP) is 2.11. The monoisotopic (exact) mass is 434 g/mol. The van der Waals surface area contributed by atoms with Crippen LogP contribution >= 0.6 is 0 Å². The fraction of sp³-hybridized carbons (Fsp3) is 0.727. The number of sulfonamides is 1. The van der Waals surface area contributed by atoms with Gasteiger partial charge in [0.05, 0.1) is 11.2 Å². The number of hydrogen-bond acceptors (Lipinski definition) is 5. The Kier molecular flexibility index (Phi) is 6.08. The Bertz CT molecular complexity index is 856. The Balaban J connectivity index is 1.59. The Morgan fingerprint density at radius 2 is 2.10 bits per heavy atom. The van der Waals surface area contributed by atoms with Crippen molar-refractivity contribution < 1.29 is 13.2 Å². The molecule has 8 heteroatoms. The Morgan fingerprint density at radius 1 is 1.30 bits per heavy atom. The molecule has 1 saturated carbocycles. The molecule has 7 nitrogen and oxygen atoms in total. The number of hydrogen-bond donors (Lipinski definition) is 1. The first-order chi connectivity index (χ1) is 14.3. The summed E-state index contributed by atoms with van der Waals surface area (Å²) in [4.78, 5) is 20.1. The summed E-state index contributed by atoms with van der Waals surface area (Å²) in [5.41, 5.74) is -0.561. The van der Waals surface area contributed by atoms with E-state index >= 15 is 0 Å². The van der Waals surface area contributed by atoms with Gasteiger partial charge < -0.3 is 10.2 Å². The normalized spacial score (nSPS) is 27.7. The summed E-state index contributed by atoms with van der Waals surface area (Å²) in [5, 5.41) is 3.21. The van der Waals surface area contributed by atoms with E-state index in [1.165, 1.54) is 12.8 Å². The first kappa shape index (κ1) is 21.6. The molecule has 2 aliphatic heterocycles. The molecule has 30 heavy (non-hydrogen) atoms. The quantitative estimate of drug-likeness (QED) is 0.711. The molecule has 3 heterocycles. The van der Waals surface area contributed by atoms with Gasteiger partial charge in [0.25, 0.3) is 0 Å². The van der Waals surface area contributed by atoms with E-state index in [1.807, 2.05) is 32.0 Å². The number of aromatic nitrogens is 1. The molecule has 2 saturated heterocycles. The van der Waals surface area contributed by atoms with Crippen LogP contribution in [0.4, 0.5) is 5.82 Å². The maximum Gasteiger partial charge on any atom is 0.228 e. The highest BCUT2D eigenvalue weighted by molar-refractivity contribution is 7.89. The molecule has 1 N–H and O–H groups in total. The van der Waals surface area contributed by atoms with Gasteiger partial charge in [-0.3, -0.25) is 4.79 Å². The van der Waals surface area contributed by atoms with Crippen LogP contribution in [-0.2, 0) is 14.8 Å². The molecule has 1 aliphatic carbocycles. The van der Waals surface area contributed by atoms with E-state index < -0.39 is 15.4 Å².